The van der Waals surface area contributed by atoms with Crippen LogP contribution in [-0.4, -0.2) is 27.0 Å². The van der Waals surface area contributed by atoms with Crippen LogP contribution in [0.4, 0.5) is 5.13 Å². The van der Waals surface area contributed by atoms with Crippen LogP contribution in [0.25, 0.3) is 5.76 Å². The van der Waals surface area contributed by atoms with Gasteiger partial charge in [-0.15, -0.1) is 21.5 Å². The van der Waals surface area contributed by atoms with E-state index in [0.717, 1.165) is 16.2 Å². The molecule has 0 bridgehead atoms. The Bertz CT molecular complexity index is 1320. The van der Waals surface area contributed by atoms with Crippen molar-refractivity contribution < 1.29 is 14.7 Å². The van der Waals surface area contributed by atoms with Gasteiger partial charge < -0.3 is 5.11 Å². The molecule has 0 radical (unpaired) electrons. The minimum Gasteiger partial charge on any atom is -0.507 e. The molecule has 1 fully saturated rings. The number of aliphatic hydroxyl groups is 1. The third kappa shape index (κ3) is 4.22. The van der Waals surface area contributed by atoms with Gasteiger partial charge in [0.25, 0.3) is 5.78 Å². The molecule has 1 amide bonds. The van der Waals surface area contributed by atoms with Crippen LogP contribution in [0.2, 0.25) is 0 Å². The largest absolute Gasteiger partial charge is 0.507 e. The highest BCUT2D eigenvalue weighted by Gasteiger charge is 2.48. The maximum Gasteiger partial charge on any atom is 0.301 e. The Morgan fingerprint density at radius 3 is 2.39 bits per heavy atom. The zero-order chi connectivity index (χ0) is 22.8. The van der Waals surface area contributed by atoms with E-state index >= 15 is 0 Å². The summed E-state index contributed by atoms with van der Waals surface area (Å²) < 4.78 is 0.698. The van der Waals surface area contributed by atoms with Gasteiger partial charge in [-0.3, -0.25) is 14.5 Å². The fraction of sp³-hybridized carbons (Fsp3) is 0.0833. The highest BCUT2D eigenvalue weighted by Crippen LogP contribution is 2.45. The lowest BCUT2D eigenvalue weighted by molar-refractivity contribution is -0.132. The molecule has 9 heteroatoms. The molecule has 4 aromatic rings. The van der Waals surface area contributed by atoms with Crippen LogP contribution in [0, 0.1) is 0 Å². The number of anilines is 1. The molecule has 2 aromatic carbocycles. The van der Waals surface area contributed by atoms with Crippen molar-refractivity contribution in [3.05, 3.63) is 99.8 Å². The van der Waals surface area contributed by atoms with Gasteiger partial charge in [0.15, 0.2) is 4.34 Å². The van der Waals surface area contributed by atoms with Gasteiger partial charge in [-0.25, -0.2) is 0 Å². The number of amides is 1. The Balaban J connectivity index is 1.51. The molecule has 1 aliphatic rings. The van der Waals surface area contributed by atoms with Gasteiger partial charge in [-0.2, -0.15) is 0 Å². The maximum atomic E-state index is 13.1. The summed E-state index contributed by atoms with van der Waals surface area (Å²) in [5.41, 5.74) is 1.69. The van der Waals surface area contributed by atoms with Gasteiger partial charge in [-0.1, -0.05) is 89.8 Å². The second kappa shape index (κ2) is 9.30. The quantitative estimate of drug-likeness (QED) is 0.126. The number of rotatable bonds is 6. The summed E-state index contributed by atoms with van der Waals surface area (Å²) in [5.74, 6) is -0.931. The van der Waals surface area contributed by atoms with Crippen LogP contribution in [0.3, 0.4) is 0 Å². The molecular formula is C24H17N3O3S3. The molecule has 0 spiro atoms. The lowest BCUT2D eigenvalue weighted by Crippen LogP contribution is -2.29. The van der Waals surface area contributed by atoms with E-state index < -0.39 is 17.7 Å². The second-order valence-electron chi connectivity index (χ2n) is 7.18. The zero-order valence-electron chi connectivity index (χ0n) is 17.1. The van der Waals surface area contributed by atoms with Gasteiger partial charge in [0.1, 0.15) is 11.8 Å². The molecule has 164 valence electrons. The van der Waals surface area contributed by atoms with E-state index in [2.05, 4.69) is 10.2 Å². The molecule has 1 saturated heterocycles. The summed E-state index contributed by atoms with van der Waals surface area (Å²) in [7, 11) is 0. The van der Waals surface area contributed by atoms with Gasteiger partial charge in [0.2, 0.25) is 5.13 Å². The SMILES string of the molecule is O=C1C(=O)N(c2nnc(SCc3ccccc3)s2)[C@H](c2cccs2)C1=C(O)c1ccccc1. The van der Waals surface area contributed by atoms with Crippen LogP contribution in [0.1, 0.15) is 22.0 Å². The van der Waals surface area contributed by atoms with Crippen molar-refractivity contribution in [1.82, 2.24) is 10.2 Å². The highest BCUT2D eigenvalue weighted by molar-refractivity contribution is 8.00. The minimum absolute atomic E-state index is 0.0577. The normalized spacial score (nSPS) is 17.6. The number of hydrogen-bond acceptors (Lipinski definition) is 8. The van der Waals surface area contributed by atoms with Crippen molar-refractivity contribution in [2.45, 2.75) is 16.1 Å². The average Bonchev–Trinajstić information content (AvgIpc) is 3.59. The Morgan fingerprint density at radius 2 is 1.70 bits per heavy atom. The van der Waals surface area contributed by atoms with Crippen molar-refractivity contribution in [2.24, 2.45) is 0 Å². The summed E-state index contributed by atoms with van der Waals surface area (Å²) in [5, 5.41) is 21.7. The summed E-state index contributed by atoms with van der Waals surface area (Å²) in [6.07, 6.45) is 0. The third-order valence-corrected chi connectivity index (χ3v) is 8.16. The number of nitrogens with zero attached hydrogens (tertiary/aromatic N) is 3. The molecule has 3 heterocycles. The van der Waals surface area contributed by atoms with Crippen molar-refractivity contribution in [2.75, 3.05) is 4.90 Å². The summed E-state index contributed by atoms with van der Waals surface area (Å²) in [6.45, 7) is 0. The van der Waals surface area contributed by atoms with Crippen LogP contribution < -0.4 is 4.90 Å². The number of ketones is 1. The number of thioether (sulfide) groups is 1. The van der Waals surface area contributed by atoms with E-state index in [1.54, 1.807) is 24.3 Å². The Kier molecular flexibility index (Phi) is 6.08. The van der Waals surface area contributed by atoms with Crippen molar-refractivity contribution in [3.63, 3.8) is 0 Å². The molecule has 2 aromatic heterocycles. The highest BCUT2D eigenvalue weighted by atomic mass is 32.2. The topological polar surface area (TPSA) is 83.4 Å². The first-order chi connectivity index (χ1) is 16.1. The molecule has 0 aliphatic carbocycles. The number of Topliss-reactive ketones (excluding diaryl/α,β-unsaturated/α-hetero) is 1. The fourth-order valence-corrected chi connectivity index (χ4v) is 6.22. The standard InChI is InChI=1S/C24H17N3O3S3/c28-20(16-10-5-2-6-11-16)18-19(17-12-7-13-31-17)27(22(30)21(18)29)23-25-26-24(33-23)32-14-15-8-3-1-4-9-15/h1-13,19,28H,14H2/t19-/m1/s1. The first-order valence-corrected chi connectivity index (χ1v) is 12.7. The van der Waals surface area contributed by atoms with Crippen LogP contribution in [0.15, 0.2) is 88.1 Å². The molecule has 0 unspecified atom stereocenters. The molecule has 1 atom stereocenters. The van der Waals surface area contributed by atoms with Gasteiger partial charge in [0.05, 0.1) is 5.57 Å². The van der Waals surface area contributed by atoms with Crippen molar-refractivity contribution >= 4 is 57.0 Å². The van der Waals surface area contributed by atoms with Gasteiger partial charge in [-0.05, 0) is 17.0 Å². The van der Waals surface area contributed by atoms with E-state index in [4.69, 9.17) is 0 Å². The van der Waals surface area contributed by atoms with Crippen LogP contribution >= 0.6 is 34.4 Å². The molecule has 33 heavy (non-hydrogen) atoms. The average molecular weight is 492 g/mol. The smallest absolute Gasteiger partial charge is 0.301 e. The Hall–Kier alpha value is -3.27. The number of aromatic nitrogens is 2. The summed E-state index contributed by atoms with van der Waals surface area (Å²) in [4.78, 5) is 28.3. The molecule has 6 nitrogen and oxygen atoms in total. The Morgan fingerprint density at radius 1 is 0.970 bits per heavy atom. The molecular weight excluding hydrogens is 474 g/mol. The number of aliphatic hydroxyl groups excluding tert-OH is 1. The van der Waals surface area contributed by atoms with E-state index in [0.29, 0.717) is 15.0 Å². The lowest BCUT2D eigenvalue weighted by atomic mass is 10.00. The van der Waals surface area contributed by atoms with E-state index in [9.17, 15) is 14.7 Å². The number of carbonyl (C=O) groups is 2. The van der Waals surface area contributed by atoms with E-state index in [-0.39, 0.29) is 11.3 Å². The van der Waals surface area contributed by atoms with Crippen molar-refractivity contribution in [3.8, 4) is 0 Å². The van der Waals surface area contributed by atoms with Gasteiger partial charge >= 0.3 is 5.91 Å². The zero-order valence-corrected chi connectivity index (χ0v) is 19.6. The molecule has 5 rings (SSSR count). The fourth-order valence-electron chi connectivity index (χ4n) is 3.57. The number of carbonyl (C=O) groups excluding carboxylic acids is 2. The first kappa shape index (κ1) is 21.6. The van der Waals surface area contributed by atoms with Crippen LogP contribution in [0.5, 0.6) is 0 Å². The first-order valence-electron chi connectivity index (χ1n) is 10.0. The predicted molar refractivity (Wildman–Crippen MR) is 131 cm³/mol. The van der Waals surface area contributed by atoms with Crippen LogP contribution in [-0.2, 0) is 15.3 Å². The Labute approximate surface area is 202 Å². The number of benzene rings is 2. The predicted octanol–water partition coefficient (Wildman–Crippen LogP) is 5.52. The summed E-state index contributed by atoms with van der Waals surface area (Å²) >= 11 is 4.19. The molecule has 0 saturated carbocycles. The second-order valence-corrected chi connectivity index (χ2v) is 10.3. The molecule has 1 N–H and O–H groups in total. The van der Waals surface area contributed by atoms with Gasteiger partial charge in [0, 0.05) is 16.2 Å². The summed E-state index contributed by atoms with van der Waals surface area (Å²) in [6, 6.07) is 21.7. The van der Waals surface area contributed by atoms with Crippen molar-refractivity contribution in [1.29, 1.82) is 0 Å². The van der Waals surface area contributed by atoms with E-state index in [1.807, 2.05) is 53.9 Å². The lowest BCUT2D eigenvalue weighted by Gasteiger charge is -2.20. The minimum atomic E-state index is -0.759. The molecule has 1 aliphatic heterocycles. The third-order valence-electron chi connectivity index (χ3n) is 5.11. The monoisotopic (exact) mass is 491 g/mol. The number of thiophene rings is 1. The maximum absolute atomic E-state index is 13.1. The van der Waals surface area contributed by atoms with E-state index in [1.165, 1.54) is 39.3 Å². The number of hydrogen-bond donors (Lipinski definition) is 1.